The molecule has 2 heterocycles. The van der Waals surface area contributed by atoms with Crippen molar-refractivity contribution in [3.63, 3.8) is 0 Å². The molecule has 2 rings (SSSR count). The molecular weight excluding hydrogens is 350 g/mol. The van der Waals surface area contributed by atoms with Gasteiger partial charge in [0.15, 0.2) is 0 Å². The van der Waals surface area contributed by atoms with E-state index in [1.165, 1.54) is 10.8 Å². The average Bonchev–Trinajstić information content (AvgIpc) is 2.86. The number of H-pyrrole nitrogens is 1. The Morgan fingerprint density at radius 3 is 2.91 bits per heavy atom. The summed E-state index contributed by atoms with van der Waals surface area (Å²) in [7, 11) is 3.25. The van der Waals surface area contributed by atoms with Gasteiger partial charge in [-0.1, -0.05) is 21.6 Å². The Morgan fingerprint density at radius 1 is 1.55 bits per heavy atom. The molecule has 7 nitrogen and oxygen atoms in total. The van der Waals surface area contributed by atoms with Gasteiger partial charge in [0.2, 0.25) is 0 Å². The molecule has 1 unspecified atom stereocenters. The van der Waals surface area contributed by atoms with Crippen LogP contribution >= 0.6 is 34.0 Å². The highest BCUT2D eigenvalue weighted by Gasteiger charge is 2.36. The van der Waals surface area contributed by atoms with E-state index in [0.29, 0.717) is 18.5 Å². The van der Waals surface area contributed by atoms with Crippen LogP contribution in [-0.2, 0) is 4.74 Å². The van der Waals surface area contributed by atoms with Gasteiger partial charge in [0, 0.05) is 35.7 Å². The molecular formula is C12H20ClN3O4S2. The van der Waals surface area contributed by atoms with Gasteiger partial charge in [-0.3, -0.25) is 14.3 Å². The maximum Gasteiger partial charge on any atom is 0.330 e. The quantitative estimate of drug-likeness (QED) is 0.487. The van der Waals surface area contributed by atoms with Gasteiger partial charge in [0.25, 0.3) is 5.56 Å². The monoisotopic (exact) mass is 369 g/mol. The zero-order chi connectivity index (χ0) is 15.4. The maximum absolute atomic E-state index is 11.9. The van der Waals surface area contributed by atoms with Gasteiger partial charge in [-0.15, -0.1) is 12.4 Å². The number of aliphatic hydroxyl groups excluding tert-OH is 1. The SMILES string of the molecule is Cc1cn([C@H]2CC(SSCCN)[C@@H](CO)O2)c(=O)[nH]c1=O.Cl. The predicted molar refractivity (Wildman–Crippen MR) is 91.8 cm³/mol. The Kier molecular flexibility index (Phi) is 8.01. The maximum atomic E-state index is 11.9. The zero-order valence-corrected chi connectivity index (χ0v) is 14.5. The number of nitrogens with two attached hydrogens (primary N) is 1. The summed E-state index contributed by atoms with van der Waals surface area (Å²) in [6.45, 7) is 2.13. The predicted octanol–water partition coefficient (Wildman–Crippen LogP) is 0.255. The summed E-state index contributed by atoms with van der Waals surface area (Å²) < 4.78 is 7.12. The number of rotatable bonds is 6. The van der Waals surface area contributed by atoms with Gasteiger partial charge in [-0.05, 0) is 6.92 Å². The summed E-state index contributed by atoms with van der Waals surface area (Å²) in [5.74, 6) is 0.821. The van der Waals surface area contributed by atoms with E-state index in [4.69, 9.17) is 10.5 Å². The van der Waals surface area contributed by atoms with Crippen molar-refractivity contribution in [1.82, 2.24) is 9.55 Å². The number of aliphatic hydroxyl groups is 1. The smallest absolute Gasteiger partial charge is 0.330 e. The fourth-order valence-electron chi connectivity index (χ4n) is 2.12. The second kappa shape index (κ2) is 8.99. The minimum atomic E-state index is -0.493. The molecule has 0 aromatic carbocycles. The Balaban J connectivity index is 0.00000242. The van der Waals surface area contributed by atoms with Crippen LogP contribution in [0.2, 0.25) is 0 Å². The fourth-order valence-corrected chi connectivity index (χ4v) is 4.71. The molecule has 1 fully saturated rings. The van der Waals surface area contributed by atoms with E-state index in [2.05, 4.69) is 4.98 Å². The lowest BCUT2D eigenvalue weighted by Gasteiger charge is -2.15. The van der Waals surface area contributed by atoms with Crippen molar-refractivity contribution >= 4 is 34.0 Å². The molecule has 0 saturated carbocycles. The third kappa shape index (κ3) is 4.53. The largest absolute Gasteiger partial charge is 0.394 e. The lowest BCUT2D eigenvalue weighted by molar-refractivity contribution is -0.0238. The van der Waals surface area contributed by atoms with Gasteiger partial charge in [0.1, 0.15) is 6.23 Å². The summed E-state index contributed by atoms with van der Waals surface area (Å²) in [6, 6.07) is 0. The first-order chi connectivity index (χ1) is 10.1. The Hall–Kier alpha value is -0.450. The van der Waals surface area contributed by atoms with Crippen LogP contribution < -0.4 is 17.0 Å². The van der Waals surface area contributed by atoms with E-state index < -0.39 is 17.5 Å². The molecule has 1 aromatic heterocycles. The molecule has 0 radical (unpaired) electrons. The average molecular weight is 370 g/mol. The van der Waals surface area contributed by atoms with Crippen molar-refractivity contribution in [3.8, 4) is 0 Å². The van der Waals surface area contributed by atoms with Crippen LogP contribution in [0.1, 0.15) is 18.2 Å². The van der Waals surface area contributed by atoms with Crippen LogP contribution in [-0.4, -0.2) is 44.9 Å². The van der Waals surface area contributed by atoms with Gasteiger partial charge in [-0.2, -0.15) is 0 Å². The molecule has 0 aliphatic carbocycles. The van der Waals surface area contributed by atoms with E-state index in [1.807, 2.05) is 0 Å². The summed E-state index contributed by atoms with van der Waals surface area (Å²) in [5.41, 5.74) is 5.02. The van der Waals surface area contributed by atoms with Crippen molar-refractivity contribution in [2.45, 2.75) is 30.9 Å². The molecule has 0 amide bonds. The van der Waals surface area contributed by atoms with E-state index >= 15 is 0 Å². The van der Waals surface area contributed by atoms with Gasteiger partial charge in [0.05, 0.1) is 12.7 Å². The van der Waals surface area contributed by atoms with Gasteiger partial charge >= 0.3 is 5.69 Å². The number of halogens is 1. The minimum absolute atomic E-state index is 0. The van der Waals surface area contributed by atoms with E-state index in [-0.39, 0.29) is 30.4 Å². The van der Waals surface area contributed by atoms with Crippen LogP contribution in [0.4, 0.5) is 0 Å². The first kappa shape index (κ1) is 19.6. The minimum Gasteiger partial charge on any atom is -0.394 e. The third-order valence-electron chi connectivity index (χ3n) is 3.21. The van der Waals surface area contributed by atoms with Crippen LogP contribution in [0.25, 0.3) is 0 Å². The zero-order valence-electron chi connectivity index (χ0n) is 12.1. The van der Waals surface area contributed by atoms with E-state index in [0.717, 1.165) is 5.75 Å². The Bertz CT molecular complexity index is 594. The van der Waals surface area contributed by atoms with Crippen LogP contribution in [0.3, 0.4) is 0 Å². The normalized spacial score (nSPS) is 24.2. The summed E-state index contributed by atoms with van der Waals surface area (Å²) >= 11 is 0. The second-order valence-electron chi connectivity index (χ2n) is 4.77. The standard InChI is InChI=1S/C12H19N3O4S2.ClH/c1-7-5-15(12(18)14-11(7)17)10-4-9(8(6-16)19-10)21-20-3-2-13;/h5,8-10,16H,2-4,6,13H2,1H3,(H,14,17,18);1H/t8-,9?,10-;/m1./s1. The summed E-state index contributed by atoms with van der Waals surface area (Å²) in [4.78, 5) is 25.5. The van der Waals surface area contributed by atoms with E-state index in [9.17, 15) is 14.7 Å². The molecule has 126 valence electrons. The Morgan fingerprint density at radius 2 is 2.27 bits per heavy atom. The lowest BCUT2D eigenvalue weighted by Crippen LogP contribution is -2.33. The molecule has 4 N–H and O–H groups in total. The molecule has 0 bridgehead atoms. The third-order valence-corrected chi connectivity index (χ3v) is 6.14. The molecule has 1 aromatic rings. The van der Waals surface area contributed by atoms with Gasteiger partial charge in [-0.25, -0.2) is 4.79 Å². The number of hydrogen-bond acceptors (Lipinski definition) is 7. The topological polar surface area (TPSA) is 110 Å². The second-order valence-corrected chi connectivity index (χ2v) is 7.50. The number of nitrogens with one attached hydrogen (secondary N) is 1. The summed E-state index contributed by atoms with van der Waals surface area (Å²) in [5, 5.41) is 9.49. The molecule has 10 heteroatoms. The van der Waals surface area contributed by atoms with Crippen molar-refractivity contribution in [2.75, 3.05) is 18.9 Å². The van der Waals surface area contributed by atoms with Crippen molar-refractivity contribution in [2.24, 2.45) is 5.73 Å². The first-order valence-corrected chi connectivity index (χ1v) is 9.01. The molecule has 1 saturated heterocycles. The lowest BCUT2D eigenvalue weighted by atomic mass is 10.2. The van der Waals surface area contributed by atoms with Gasteiger partial charge < -0.3 is 15.6 Å². The van der Waals surface area contributed by atoms with Crippen LogP contribution in [0, 0.1) is 6.92 Å². The highest BCUT2D eigenvalue weighted by molar-refractivity contribution is 8.77. The number of hydrogen-bond donors (Lipinski definition) is 3. The number of ether oxygens (including phenoxy) is 1. The molecule has 3 atom stereocenters. The molecule has 1 aliphatic rings. The first-order valence-electron chi connectivity index (χ1n) is 6.63. The van der Waals surface area contributed by atoms with Crippen LogP contribution in [0.15, 0.2) is 15.8 Å². The molecule has 0 spiro atoms. The number of aromatic amines is 1. The van der Waals surface area contributed by atoms with Crippen molar-refractivity contribution in [1.29, 1.82) is 0 Å². The van der Waals surface area contributed by atoms with Crippen LogP contribution in [0.5, 0.6) is 0 Å². The van der Waals surface area contributed by atoms with E-state index in [1.54, 1.807) is 28.5 Å². The highest BCUT2D eigenvalue weighted by Crippen LogP contribution is 2.40. The number of nitrogens with zero attached hydrogens (tertiary/aromatic N) is 1. The number of aromatic nitrogens is 2. The number of aryl methyl sites for hydroxylation is 1. The Labute approximate surface area is 141 Å². The highest BCUT2D eigenvalue weighted by atomic mass is 35.5. The fraction of sp³-hybridized carbons (Fsp3) is 0.667. The summed E-state index contributed by atoms with van der Waals surface area (Å²) in [6.07, 6.45) is 1.30. The molecule has 1 aliphatic heterocycles. The van der Waals surface area contributed by atoms with Crippen molar-refractivity contribution < 1.29 is 9.84 Å². The van der Waals surface area contributed by atoms with Crippen molar-refractivity contribution in [3.05, 3.63) is 32.6 Å². The molecule has 22 heavy (non-hydrogen) atoms.